The van der Waals surface area contributed by atoms with Crippen LogP contribution in [0.3, 0.4) is 0 Å². The van der Waals surface area contributed by atoms with Crippen molar-refractivity contribution in [2.24, 2.45) is 0 Å². The van der Waals surface area contributed by atoms with Crippen molar-refractivity contribution in [3.8, 4) is 0 Å². The highest BCUT2D eigenvalue weighted by Gasteiger charge is 2.10. The fraction of sp³-hybridized carbons (Fsp3) is 0.143. The molecule has 0 aromatic heterocycles. The first kappa shape index (κ1) is 9.83. The van der Waals surface area contributed by atoms with E-state index in [0.717, 1.165) is 0 Å². The first-order valence-corrected chi connectivity index (χ1v) is 4.99. The molecule has 5 heteroatoms. The molecule has 0 spiro atoms. The van der Waals surface area contributed by atoms with E-state index in [1.165, 1.54) is 19.1 Å². The molecule has 0 aliphatic rings. The zero-order valence-electron chi connectivity index (χ0n) is 6.17. The maximum absolute atomic E-state index is 13.1. The van der Waals surface area contributed by atoms with Gasteiger partial charge in [0.05, 0.1) is 9.37 Å². The quantitative estimate of drug-likeness (QED) is 0.780. The molecule has 0 saturated carbocycles. The van der Waals surface area contributed by atoms with E-state index in [2.05, 4.69) is 15.9 Å². The van der Waals surface area contributed by atoms with E-state index in [0.29, 0.717) is 4.47 Å². The molecule has 12 heavy (non-hydrogen) atoms. The minimum absolute atomic E-state index is 0.107. The average Bonchev–Trinajstić information content (AvgIpc) is 2.00. The van der Waals surface area contributed by atoms with Crippen LogP contribution in [0.2, 0.25) is 0 Å². The third-order valence-corrected chi connectivity index (χ3v) is 2.91. The van der Waals surface area contributed by atoms with Gasteiger partial charge in [-0.15, -0.1) is 0 Å². The molecule has 1 unspecified atom stereocenters. The number of halogens is 2. The van der Waals surface area contributed by atoms with Crippen molar-refractivity contribution in [1.29, 1.82) is 0 Å². The molecule has 0 radical (unpaired) electrons. The van der Waals surface area contributed by atoms with Crippen LogP contribution in [0.25, 0.3) is 0 Å². The summed E-state index contributed by atoms with van der Waals surface area (Å²) in [6, 6.07) is 2.82. The van der Waals surface area contributed by atoms with Gasteiger partial charge in [-0.1, -0.05) is 0 Å². The van der Waals surface area contributed by atoms with Gasteiger partial charge in [0.15, 0.2) is 11.1 Å². The van der Waals surface area contributed by atoms with Crippen molar-refractivity contribution in [3.05, 3.63) is 28.0 Å². The molecule has 0 bridgehead atoms. The highest BCUT2D eigenvalue weighted by Crippen LogP contribution is 2.22. The van der Waals surface area contributed by atoms with Gasteiger partial charge in [0.25, 0.3) is 0 Å². The van der Waals surface area contributed by atoms with E-state index in [1.54, 1.807) is 0 Å². The SMILES string of the molecule is Cc1c(S(=O)O)ccc(Br)c1F. The van der Waals surface area contributed by atoms with Crippen molar-refractivity contribution in [1.82, 2.24) is 0 Å². The average molecular weight is 253 g/mol. The van der Waals surface area contributed by atoms with Gasteiger partial charge in [-0.25, -0.2) is 8.60 Å². The van der Waals surface area contributed by atoms with Crippen LogP contribution in [-0.4, -0.2) is 8.76 Å². The fourth-order valence-corrected chi connectivity index (χ4v) is 1.79. The number of benzene rings is 1. The van der Waals surface area contributed by atoms with Gasteiger partial charge in [0, 0.05) is 5.56 Å². The molecule has 1 aromatic carbocycles. The number of hydrogen-bond donors (Lipinski definition) is 1. The highest BCUT2D eigenvalue weighted by molar-refractivity contribution is 9.10. The second-order valence-electron chi connectivity index (χ2n) is 2.23. The van der Waals surface area contributed by atoms with Crippen molar-refractivity contribution in [2.75, 3.05) is 0 Å². The van der Waals surface area contributed by atoms with E-state index in [9.17, 15) is 8.60 Å². The Morgan fingerprint density at radius 2 is 2.17 bits per heavy atom. The number of rotatable bonds is 1. The van der Waals surface area contributed by atoms with Crippen molar-refractivity contribution >= 4 is 27.0 Å². The minimum atomic E-state index is -2.12. The summed E-state index contributed by atoms with van der Waals surface area (Å²) in [5, 5.41) is 0. The zero-order valence-corrected chi connectivity index (χ0v) is 8.58. The Hall–Kier alpha value is -0.260. The molecule has 0 fully saturated rings. The summed E-state index contributed by atoms with van der Waals surface area (Å²) >= 11 is 0.854. The van der Waals surface area contributed by atoms with E-state index >= 15 is 0 Å². The van der Waals surface area contributed by atoms with Gasteiger partial charge in [0.2, 0.25) is 0 Å². The third kappa shape index (κ3) is 1.73. The summed E-state index contributed by atoms with van der Waals surface area (Å²) in [5.41, 5.74) is 0.199. The van der Waals surface area contributed by atoms with E-state index < -0.39 is 16.9 Å². The predicted octanol–water partition coefficient (Wildman–Crippen LogP) is 2.48. The number of hydrogen-bond acceptors (Lipinski definition) is 1. The monoisotopic (exact) mass is 252 g/mol. The summed E-state index contributed by atoms with van der Waals surface area (Å²) in [4.78, 5) is 0.107. The Morgan fingerprint density at radius 1 is 1.58 bits per heavy atom. The molecule has 0 saturated heterocycles. The van der Waals surface area contributed by atoms with Gasteiger partial charge in [-0.2, -0.15) is 0 Å². The van der Waals surface area contributed by atoms with Crippen LogP contribution in [0.15, 0.2) is 21.5 Å². The van der Waals surface area contributed by atoms with Crippen molar-refractivity contribution < 1.29 is 13.2 Å². The Labute approximate surface area is 80.2 Å². The highest BCUT2D eigenvalue weighted by atomic mass is 79.9. The van der Waals surface area contributed by atoms with Crippen LogP contribution < -0.4 is 0 Å². The first-order valence-electron chi connectivity index (χ1n) is 3.09. The molecule has 1 atom stereocenters. The van der Waals surface area contributed by atoms with E-state index in [4.69, 9.17) is 4.55 Å². The molecule has 66 valence electrons. The van der Waals surface area contributed by atoms with Gasteiger partial charge in [-0.3, -0.25) is 0 Å². The van der Waals surface area contributed by atoms with Gasteiger partial charge >= 0.3 is 0 Å². The second-order valence-corrected chi connectivity index (χ2v) is 4.03. The van der Waals surface area contributed by atoms with Crippen LogP contribution in [0, 0.1) is 12.7 Å². The summed E-state index contributed by atoms with van der Waals surface area (Å²) in [6.07, 6.45) is 0. The van der Waals surface area contributed by atoms with Gasteiger partial charge in [0.1, 0.15) is 5.82 Å². The predicted molar refractivity (Wildman–Crippen MR) is 47.9 cm³/mol. The van der Waals surface area contributed by atoms with Crippen LogP contribution in [0.1, 0.15) is 5.56 Å². The lowest BCUT2D eigenvalue weighted by molar-refractivity contribution is 0.558. The molecule has 1 aromatic rings. The minimum Gasteiger partial charge on any atom is -0.302 e. The second kappa shape index (κ2) is 3.64. The Morgan fingerprint density at radius 3 is 2.67 bits per heavy atom. The Bertz CT molecular complexity index is 340. The molecule has 2 nitrogen and oxygen atoms in total. The van der Waals surface area contributed by atoms with Crippen LogP contribution in [0.5, 0.6) is 0 Å². The zero-order chi connectivity index (χ0) is 9.30. The molecule has 0 heterocycles. The largest absolute Gasteiger partial charge is 0.302 e. The fourth-order valence-electron chi connectivity index (χ4n) is 0.823. The molecule has 0 aliphatic carbocycles. The van der Waals surface area contributed by atoms with Gasteiger partial charge in [-0.05, 0) is 35.0 Å². The normalized spacial score (nSPS) is 13.0. The smallest absolute Gasteiger partial charge is 0.186 e. The van der Waals surface area contributed by atoms with E-state index in [1.807, 2.05) is 0 Å². The molecule has 0 amide bonds. The molecule has 1 N–H and O–H groups in total. The molecular weight excluding hydrogens is 247 g/mol. The molecule has 0 aliphatic heterocycles. The first-order chi connectivity index (χ1) is 5.54. The maximum Gasteiger partial charge on any atom is 0.186 e. The summed E-state index contributed by atoms with van der Waals surface area (Å²) in [6.45, 7) is 1.46. The summed E-state index contributed by atoms with van der Waals surface area (Å²) in [5.74, 6) is -0.491. The van der Waals surface area contributed by atoms with Crippen molar-refractivity contribution in [2.45, 2.75) is 11.8 Å². The standard InChI is InChI=1S/C7H6BrFO2S/c1-4-6(12(10)11)3-2-5(8)7(4)9/h2-3H,1H3,(H,10,11). The lowest BCUT2D eigenvalue weighted by atomic mass is 10.2. The van der Waals surface area contributed by atoms with Crippen molar-refractivity contribution in [3.63, 3.8) is 0 Å². The summed E-state index contributed by atoms with van der Waals surface area (Å²) < 4.78 is 32.7. The Kier molecular flexibility index (Phi) is 2.98. The Balaban J connectivity index is 3.36. The van der Waals surface area contributed by atoms with E-state index in [-0.39, 0.29) is 10.5 Å². The third-order valence-electron chi connectivity index (χ3n) is 1.48. The topological polar surface area (TPSA) is 37.3 Å². The maximum atomic E-state index is 13.1. The van der Waals surface area contributed by atoms with Gasteiger partial charge < -0.3 is 4.55 Å². The lowest BCUT2D eigenvalue weighted by Crippen LogP contribution is -1.95. The summed E-state index contributed by atoms with van der Waals surface area (Å²) in [7, 11) is 0. The van der Waals surface area contributed by atoms with Crippen LogP contribution in [-0.2, 0) is 11.1 Å². The van der Waals surface area contributed by atoms with Crippen LogP contribution in [0.4, 0.5) is 4.39 Å². The molecular formula is C7H6BrFO2S. The lowest BCUT2D eigenvalue weighted by Gasteiger charge is -2.03. The molecule has 1 rings (SSSR count). The van der Waals surface area contributed by atoms with Crippen LogP contribution >= 0.6 is 15.9 Å².